The first-order valence-electron chi connectivity index (χ1n) is 7.55. The molecule has 0 fully saturated rings. The lowest BCUT2D eigenvalue weighted by atomic mass is 10.1. The lowest BCUT2D eigenvalue weighted by Gasteiger charge is -1.98. The van der Waals surface area contributed by atoms with E-state index in [-0.39, 0.29) is 0 Å². The number of amides is 1. The first kappa shape index (κ1) is 14.7. The van der Waals surface area contributed by atoms with Gasteiger partial charge in [-0.25, -0.2) is 0 Å². The number of carbonyl (C=O) groups is 1. The zero-order chi connectivity index (χ0) is 16.7. The molecule has 0 spiro atoms. The van der Waals surface area contributed by atoms with E-state index in [2.05, 4.69) is 35.4 Å². The van der Waals surface area contributed by atoms with Crippen LogP contribution in [0.5, 0.6) is 0 Å². The lowest BCUT2D eigenvalue weighted by molar-refractivity contribution is 0.100. The predicted octanol–water partition coefficient (Wildman–Crippen LogP) is 4.07. The van der Waals surface area contributed by atoms with E-state index in [1.54, 1.807) is 23.5 Å². The number of rotatable bonds is 3. The van der Waals surface area contributed by atoms with Gasteiger partial charge in [0, 0.05) is 22.9 Å². The van der Waals surface area contributed by atoms with Crippen LogP contribution in [0, 0.1) is 0 Å². The third-order valence-corrected chi connectivity index (χ3v) is 5.16. The van der Waals surface area contributed by atoms with E-state index < -0.39 is 5.91 Å². The molecule has 4 rings (SSSR count). The Hall–Kier alpha value is -2.92. The molecule has 2 N–H and O–H groups in total. The van der Waals surface area contributed by atoms with Crippen LogP contribution in [-0.4, -0.2) is 15.7 Å². The van der Waals surface area contributed by atoms with Gasteiger partial charge in [0.15, 0.2) is 0 Å². The van der Waals surface area contributed by atoms with Crippen molar-refractivity contribution in [2.75, 3.05) is 0 Å². The first-order valence-corrected chi connectivity index (χ1v) is 8.37. The Bertz CT molecular complexity index is 1010. The molecule has 2 aromatic carbocycles. The number of thiophene rings is 1. The molecule has 0 saturated carbocycles. The molecule has 5 heteroatoms. The minimum atomic E-state index is -0.423. The number of nitrogens with two attached hydrogens (primary N) is 1. The zero-order valence-corrected chi connectivity index (χ0v) is 13.9. The Labute approximate surface area is 143 Å². The first-order chi connectivity index (χ1) is 11.6. The summed E-state index contributed by atoms with van der Waals surface area (Å²) in [6.07, 6.45) is 0. The molecule has 0 unspecified atom stereocenters. The normalized spacial score (nSPS) is 11.0. The van der Waals surface area contributed by atoms with Crippen molar-refractivity contribution in [2.24, 2.45) is 12.8 Å². The second-order valence-corrected chi connectivity index (χ2v) is 6.71. The summed E-state index contributed by atoms with van der Waals surface area (Å²) in [4.78, 5) is 12.4. The molecule has 0 aliphatic heterocycles. The molecule has 2 aromatic heterocycles. The molecule has 1 amide bonds. The fraction of sp³-hybridized carbons (Fsp3) is 0.0526. The maximum atomic E-state index is 11.2. The molecule has 4 aromatic rings. The van der Waals surface area contributed by atoms with Crippen molar-refractivity contribution in [3.8, 4) is 21.8 Å². The van der Waals surface area contributed by atoms with Crippen LogP contribution in [0.25, 0.3) is 31.9 Å². The Kier molecular flexibility index (Phi) is 3.43. The fourth-order valence-corrected chi connectivity index (χ4v) is 3.86. The van der Waals surface area contributed by atoms with Gasteiger partial charge in [0.25, 0.3) is 0 Å². The number of hydrogen-bond acceptors (Lipinski definition) is 3. The van der Waals surface area contributed by atoms with Crippen LogP contribution >= 0.6 is 11.3 Å². The second kappa shape index (κ2) is 5.62. The predicted molar refractivity (Wildman–Crippen MR) is 98.0 cm³/mol. The number of nitrogens with zero attached hydrogens (tertiary/aromatic N) is 2. The molecular weight excluding hydrogens is 318 g/mol. The molecule has 0 bridgehead atoms. The lowest BCUT2D eigenvalue weighted by Crippen LogP contribution is -2.10. The minimum absolute atomic E-state index is 0.423. The highest BCUT2D eigenvalue weighted by Crippen LogP contribution is 2.34. The Morgan fingerprint density at radius 1 is 1.08 bits per heavy atom. The van der Waals surface area contributed by atoms with Gasteiger partial charge in [-0.15, -0.1) is 11.3 Å². The van der Waals surface area contributed by atoms with Gasteiger partial charge in [0.05, 0.1) is 16.3 Å². The summed E-state index contributed by atoms with van der Waals surface area (Å²) >= 11 is 1.76. The van der Waals surface area contributed by atoms with Crippen molar-refractivity contribution in [3.63, 3.8) is 0 Å². The zero-order valence-electron chi connectivity index (χ0n) is 13.1. The van der Waals surface area contributed by atoms with Crippen molar-refractivity contribution >= 4 is 27.3 Å². The number of aryl methyl sites for hydroxylation is 1. The molecule has 2 heterocycles. The van der Waals surface area contributed by atoms with Crippen LogP contribution in [0.4, 0.5) is 0 Å². The summed E-state index contributed by atoms with van der Waals surface area (Å²) in [5, 5.41) is 5.85. The fourth-order valence-electron chi connectivity index (χ4n) is 2.75. The molecule has 0 aliphatic carbocycles. The van der Waals surface area contributed by atoms with Crippen molar-refractivity contribution in [3.05, 3.63) is 66.2 Å². The topological polar surface area (TPSA) is 60.9 Å². The average Bonchev–Trinajstić information content (AvgIpc) is 3.18. The van der Waals surface area contributed by atoms with Gasteiger partial charge in [-0.05, 0) is 35.7 Å². The highest BCUT2D eigenvalue weighted by atomic mass is 32.1. The Balaban J connectivity index is 1.75. The highest BCUT2D eigenvalue weighted by molar-refractivity contribution is 7.22. The maximum Gasteiger partial charge on any atom is 0.248 e. The number of hydrogen-bond donors (Lipinski definition) is 1. The van der Waals surface area contributed by atoms with E-state index in [1.165, 1.54) is 15.0 Å². The standard InChI is InChI=1S/C19H15N3OS/c1-22-16(18-10-14-4-2-3-5-17(14)24-18)11-15(21-22)12-6-8-13(9-7-12)19(20)23/h2-11H,1H3,(H2,20,23). The molecule has 24 heavy (non-hydrogen) atoms. The van der Waals surface area contributed by atoms with Crippen LogP contribution in [0.1, 0.15) is 10.4 Å². The van der Waals surface area contributed by atoms with E-state index in [0.717, 1.165) is 17.0 Å². The van der Waals surface area contributed by atoms with E-state index >= 15 is 0 Å². The second-order valence-electron chi connectivity index (χ2n) is 5.63. The van der Waals surface area contributed by atoms with Gasteiger partial charge < -0.3 is 5.73 Å². The van der Waals surface area contributed by atoms with Gasteiger partial charge in [-0.1, -0.05) is 30.3 Å². The maximum absolute atomic E-state index is 11.2. The van der Waals surface area contributed by atoms with Gasteiger partial charge >= 0.3 is 0 Å². The number of aromatic nitrogens is 2. The van der Waals surface area contributed by atoms with Gasteiger partial charge in [0.1, 0.15) is 0 Å². The Morgan fingerprint density at radius 2 is 1.83 bits per heavy atom. The van der Waals surface area contributed by atoms with Gasteiger partial charge in [0.2, 0.25) is 5.91 Å². The van der Waals surface area contributed by atoms with Crippen LogP contribution < -0.4 is 5.73 Å². The molecule has 0 atom stereocenters. The van der Waals surface area contributed by atoms with E-state index in [1.807, 2.05) is 29.9 Å². The summed E-state index contributed by atoms with van der Waals surface area (Å²) in [5.74, 6) is -0.423. The summed E-state index contributed by atoms with van der Waals surface area (Å²) in [7, 11) is 1.95. The van der Waals surface area contributed by atoms with Gasteiger partial charge in [-0.2, -0.15) is 5.10 Å². The van der Waals surface area contributed by atoms with Crippen LogP contribution in [0.3, 0.4) is 0 Å². The van der Waals surface area contributed by atoms with E-state index in [9.17, 15) is 4.79 Å². The third-order valence-electron chi connectivity index (χ3n) is 4.02. The van der Waals surface area contributed by atoms with Crippen LogP contribution in [-0.2, 0) is 7.05 Å². The average molecular weight is 333 g/mol. The van der Waals surface area contributed by atoms with Crippen molar-refractivity contribution in [1.82, 2.24) is 9.78 Å². The minimum Gasteiger partial charge on any atom is -0.366 e. The largest absolute Gasteiger partial charge is 0.366 e. The van der Waals surface area contributed by atoms with E-state index in [0.29, 0.717) is 5.56 Å². The summed E-state index contributed by atoms with van der Waals surface area (Å²) in [5.41, 5.74) is 8.70. The third kappa shape index (κ3) is 2.49. The van der Waals surface area contributed by atoms with Crippen LogP contribution in [0.2, 0.25) is 0 Å². The van der Waals surface area contributed by atoms with E-state index in [4.69, 9.17) is 5.73 Å². The molecule has 118 valence electrons. The van der Waals surface area contributed by atoms with Crippen molar-refractivity contribution in [1.29, 1.82) is 0 Å². The summed E-state index contributed by atoms with van der Waals surface area (Å²) in [6.45, 7) is 0. The molecule has 0 radical (unpaired) electrons. The van der Waals surface area contributed by atoms with Crippen molar-refractivity contribution in [2.45, 2.75) is 0 Å². The molecule has 0 aliphatic rings. The molecule has 0 saturated heterocycles. The highest BCUT2D eigenvalue weighted by Gasteiger charge is 2.12. The molecular formula is C19H15N3OS. The summed E-state index contributed by atoms with van der Waals surface area (Å²) < 4.78 is 3.16. The van der Waals surface area contributed by atoms with Crippen molar-refractivity contribution < 1.29 is 4.79 Å². The summed E-state index contributed by atoms with van der Waals surface area (Å²) in [6, 6.07) is 19.8. The SMILES string of the molecule is Cn1nc(-c2ccc(C(N)=O)cc2)cc1-c1cc2ccccc2s1. The van der Waals surface area contributed by atoms with Gasteiger partial charge in [-0.3, -0.25) is 9.48 Å². The number of benzene rings is 2. The Morgan fingerprint density at radius 3 is 2.54 bits per heavy atom. The molecule has 4 nitrogen and oxygen atoms in total. The smallest absolute Gasteiger partial charge is 0.248 e. The number of fused-ring (bicyclic) bond motifs is 1. The quantitative estimate of drug-likeness (QED) is 0.614. The monoisotopic (exact) mass is 333 g/mol. The van der Waals surface area contributed by atoms with Crippen LogP contribution in [0.15, 0.2) is 60.7 Å². The number of primary amides is 1. The number of carbonyl (C=O) groups excluding carboxylic acids is 1.